The minimum atomic E-state index is -5.09. The highest BCUT2D eigenvalue weighted by Crippen LogP contribution is 2.47. The van der Waals surface area contributed by atoms with Gasteiger partial charge in [-0.3, -0.25) is 20.4 Å². The van der Waals surface area contributed by atoms with Crippen LogP contribution in [0.25, 0.3) is 0 Å². The molecule has 1 aromatic carbocycles. The molecule has 0 aliphatic heterocycles. The first-order chi connectivity index (χ1) is 12.3. The maximum atomic E-state index is 12.1. The van der Waals surface area contributed by atoms with E-state index in [9.17, 15) is 22.8 Å². The molecule has 0 spiro atoms. The number of anilines is 1. The average molecular weight is 365 g/mol. The zero-order valence-electron chi connectivity index (χ0n) is 13.3. The molecule has 3 N–H and O–H groups in total. The van der Waals surface area contributed by atoms with Crippen molar-refractivity contribution in [2.24, 2.45) is 0 Å². The number of aromatic nitrogens is 2. The lowest BCUT2D eigenvalue weighted by atomic mass is 10.1. The smallest absolute Gasteiger partial charge is 0.345 e. The molecule has 0 radical (unpaired) electrons. The molecular formula is C16H14F3N5O2. The standard InChI is InChI=1S/C16H14F3N5O2/c17-16(18,19)13(26)24-23-12(25)10-8-20-14(21-9-10)22-15(6-7-15)11-4-2-1-3-5-11/h1-5,8-9H,6-7H2,(H,23,25)(H,24,26)(H,20,21,22). The highest BCUT2D eigenvalue weighted by molar-refractivity contribution is 5.95. The van der Waals surface area contributed by atoms with Crippen molar-refractivity contribution >= 4 is 17.8 Å². The number of amides is 2. The highest BCUT2D eigenvalue weighted by Gasteiger charge is 2.44. The first-order valence-electron chi connectivity index (χ1n) is 7.63. The van der Waals surface area contributed by atoms with E-state index in [1.807, 2.05) is 30.3 Å². The molecule has 7 nitrogen and oxygen atoms in total. The van der Waals surface area contributed by atoms with Crippen molar-refractivity contribution in [1.82, 2.24) is 20.8 Å². The topological polar surface area (TPSA) is 96.0 Å². The average Bonchev–Trinajstić information content (AvgIpc) is 3.40. The summed E-state index contributed by atoms with van der Waals surface area (Å²) in [5.74, 6) is -2.94. The molecule has 1 aromatic heterocycles. The summed E-state index contributed by atoms with van der Waals surface area (Å²) < 4.78 is 36.2. The molecule has 0 bridgehead atoms. The summed E-state index contributed by atoms with van der Waals surface area (Å²) in [6.07, 6.45) is -0.956. The van der Waals surface area contributed by atoms with Gasteiger partial charge in [-0.15, -0.1) is 0 Å². The molecule has 2 aromatic rings. The van der Waals surface area contributed by atoms with Crippen LogP contribution in [-0.2, 0) is 10.3 Å². The third kappa shape index (κ3) is 3.90. The van der Waals surface area contributed by atoms with Crippen molar-refractivity contribution in [1.29, 1.82) is 0 Å². The number of hydrazine groups is 1. The number of hydrogen-bond acceptors (Lipinski definition) is 5. The largest absolute Gasteiger partial charge is 0.472 e. The van der Waals surface area contributed by atoms with Crippen LogP contribution < -0.4 is 16.2 Å². The first-order valence-corrected chi connectivity index (χ1v) is 7.63. The van der Waals surface area contributed by atoms with Crippen molar-refractivity contribution in [2.45, 2.75) is 24.6 Å². The second kappa shape index (κ2) is 6.62. The van der Waals surface area contributed by atoms with Crippen molar-refractivity contribution in [2.75, 3.05) is 5.32 Å². The molecule has 136 valence electrons. The summed E-state index contributed by atoms with van der Waals surface area (Å²) in [5, 5.41) is 3.21. The molecule has 1 heterocycles. The molecule has 2 amide bonds. The molecule has 0 atom stereocenters. The van der Waals surface area contributed by atoms with E-state index in [0.29, 0.717) is 5.95 Å². The van der Waals surface area contributed by atoms with E-state index < -0.39 is 18.0 Å². The van der Waals surface area contributed by atoms with Crippen LogP contribution >= 0.6 is 0 Å². The van der Waals surface area contributed by atoms with Crippen LogP contribution in [0.4, 0.5) is 19.1 Å². The second-order valence-corrected chi connectivity index (χ2v) is 5.77. The predicted molar refractivity (Wildman–Crippen MR) is 84.7 cm³/mol. The summed E-state index contributed by atoms with van der Waals surface area (Å²) in [6.45, 7) is 0. The third-order valence-corrected chi connectivity index (χ3v) is 3.89. The fourth-order valence-electron chi connectivity index (χ4n) is 2.35. The molecule has 10 heteroatoms. The van der Waals surface area contributed by atoms with Gasteiger partial charge >= 0.3 is 12.1 Å². The van der Waals surface area contributed by atoms with Gasteiger partial charge < -0.3 is 5.32 Å². The Morgan fingerprint density at radius 2 is 1.62 bits per heavy atom. The van der Waals surface area contributed by atoms with E-state index in [1.165, 1.54) is 5.43 Å². The molecule has 1 fully saturated rings. The molecule has 26 heavy (non-hydrogen) atoms. The minimum Gasteiger partial charge on any atom is -0.345 e. The Morgan fingerprint density at radius 1 is 1.00 bits per heavy atom. The summed E-state index contributed by atoms with van der Waals surface area (Å²) in [6, 6.07) is 9.76. The molecular weight excluding hydrogens is 351 g/mol. The van der Waals surface area contributed by atoms with Gasteiger partial charge in [0.15, 0.2) is 0 Å². The summed E-state index contributed by atoms with van der Waals surface area (Å²) >= 11 is 0. The monoisotopic (exact) mass is 365 g/mol. The number of rotatable bonds is 4. The van der Waals surface area contributed by atoms with Gasteiger partial charge in [-0.2, -0.15) is 13.2 Å². The number of carbonyl (C=O) groups excluding carboxylic acids is 2. The highest BCUT2D eigenvalue weighted by atomic mass is 19.4. The summed E-state index contributed by atoms with van der Waals surface area (Å²) in [5.41, 5.74) is 3.68. The molecule has 1 aliphatic rings. The maximum absolute atomic E-state index is 12.1. The molecule has 0 unspecified atom stereocenters. The van der Waals surface area contributed by atoms with Crippen LogP contribution in [0.3, 0.4) is 0 Å². The third-order valence-electron chi connectivity index (χ3n) is 3.89. The van der Waals surface area contributed by atoms with Gasteiger partial charge in [0.25, 0.3) is 5.91 Å². The number of nitrogens with zero attached hydrogens (tertiary/aromatic N) is 2. The number of nitrogens with one attached hydrogen (secondary N) is 3. The Kier molecular flexibility index (Phi) is 4.49. The van der Waals surface area contributed by atoms with Crippen LogP contribution in [-0.4, -0.2) is 28.0 Å². The molecule has 1 aliphatic carbocycles. The molecule has 0 saturated heterocycles. The Morgan fingerprint density at radius 3 is 2.15 bits per heavy atom. The van der Waals surface area contributed by atoms with Gasteiger partial charge in [-0.1, -0.05) is 30.3 Å². The fraction of sp³-hybridized carbons (Fsp3) is 0.250. The quantitative estimate of drug-likeness (QED) is 0.720. The van der Waals surface area contributed by atoms with E-state index in [-0.39, 0.29) is 11.1 Å². The van der Waals surface area contributed by atoms with Gasteiger partial charge in [0.05, 0.1) is 11.1 Å². The predicted octanol–water partition coefficient (Wildman–Crippen LogP) is 1.90. The lowest BCUT2D eigenvalue weighted by Crippen LogP contribution is -2.47. The van der Waals surface area contributed by atoms with E-state index in [1.54, 1.807) is 5.43 Å². The normalized spacial score (nSPS) is 15.0. The summed E-state index contributed by atoms with van der Waals surface area (Å²) in [7, 11) is 0. The number of alkyl halides is 3. The fourth-order valence-corrected chi connectivity index (χ4v) is 2.35. The van der Waals surface area contributed by atoms with E-state index in [0.717, 1.165) is 30.8 Å². The number of halogens is 3. The number of hydrogen-bond donors (Lipinski definition) is 3. The molecule has 3 rings (SSSR count). The van der Waals surface area contributed by atoms with Gasteiger partial charge in [0.2, 0.25) is 5.95 Å². The first kappa shape index (κ1) is 17.6. The van der Waals surface area contributed by atoms with Crippen molar-refractivity contribution < 1.29 is 22.8 Å². The van der Waals surface area contributed by atoms with Gasteiger partial charge in [-0.05, 0) is 18.4 Å². The lowest BCUT2D eigenvalue weighted by Gasteiger charge is -2.17. The van der Waals surface area contributed by atoms with Crippen molar-refractivity contribution in [3.63, 3.8) is 0 Å². The van der Waals surface area contributed by atoms with Gasteiger partial charge in [0.1, 0.15) is 0 Å². The molecule has 1 saturated carbocycles. The number of benzene rings is 1. The van der Waals surface area contributed by atoms with Crippen molar-refractivity contribution in [3.05, 3.63) is 53.9 Å². The van der Waals surface area contributed by atoms with Crippen LogP contribution in [0, 0.1) is 0 Å². The van der Waals surface area contributed by atoms with Crippen LogP contribution in [0.5, 0.6) is 0 Å². The van der Waals surface area contributed by atoms with E-state index >= 15 is 0 Å². The number of carbonyl (C=O) groups is 2. The van der Waals surface area contributed by atoms with Crippen LogP contribution in [0.1, 0.15) is 28.8 Å². The maximum Gasteiger partial charge on any atom is 0.472 e. The van der Waals surface area contributed by atoms with E-state index in [4.69, 9.17) is 0 Å². The minimum absolute atomic E-state index is 0.0948. The van der Waals surface area contributed by atoms with Crippen LogP contribution in [0.15, 0.2) is 42.7 Å². The summed E-state index contributed by atoms with van der Waals surface area (Å²) in [4.78, 5) is 30.4. The Labute approximate surface area is 146 Å². The second-order valence-electron chi connectivity index (χ2n) is 5.77. The van der Waals surface area contributed by atoms with Gasteiger partial charge in [-0.25, -0.2) is 9.97 Å². The SMILES string of the molecule is O=C(NNC(=O)C(F)(F)F)c1cnc(NC2(c3ccccc3)CC2)nc1. The van der Waals surface area contributed by atoms with Gasteiger partial charge in [0, 0.05) is 12.4 Å². The Bertz CT molecular complexity index is 805. The zero-order valence-corrected chi connectivity index (χ0v) is 13.3. The zero-order chi connectivity index (χ0) is 18.8. The van der Waals surface area contributed by atoms with Crippen molar-refractivity contribution in [3.8, 4) is 0 Å². The Balaban J connectivity index is 1.60. The van der Waals surface area contributed by atoms with Crippen LogP contribution in [0.2, 0.25) is 0 Å². The van der Waals surface area contributed by atoms with E-state index in [2.05, 4.69) is 15.3 Å². The Hall–Kier alpha value is -3.17. The lowest BCUT2D eigenvalue weighted by molar-refractivity contribution is -0.174.